The molecule has 0 radical (unpaired) electrons. The number of aryl methyl sites for hydroxylation is 2. The summed E-state index contributed by atoms with van der Waals surface area (Å²) in [6, 6.07) is 18.9. The maximum atomic E-state index is 12.7. The zero-order chi connectivity index (χ0) is 26.0. The monoisotopic (exact) mass is 492 g/mol. The Balaban J connectivity index is 0.000000152. The highest BCUT2D eigenvalue weighted by Gasteiger charge is 2.41. The van der Waals surface area contributed by atoms with Crippen LogP contribution in [-0.4, -0.2) is 34.7 Å². The van der Waals surface area contributed by atoms with Gasteiger partial charge in [-0.05, 0) is 91.6 Å². The lowest BCUT2D eigenvalue weighted by Gasteiger charge is -2.33. The van der Waals surface area contributed by atoms with Gasteiger partial charge in [0.25, 0.3) is 0 Å². The van der Waals surface area contributed by atoms with E-state index in [0.717, 1.165) is 22.3 Å². The number of rotatable bonds is 2. The van der Waals surface area contributed by atoms with E-state index in [4.69, 9.17) is 9.47 Å². The molecule has 0 amide bonds. The van der Waals surface area contributed by atoms with E-state index in [1.165, 1.54) is 0 Å². The number of hydrogen-bond acceptors (Lipinski definition) is 6. The van der Waals surface area contributed by atoms with Crippen LogP contribution in [0, 0.1) is 13.8 Å². The third kappa shape index (κ3) is 4.75. The van der Waals surface area contributed by atoms with Crippen LogP contribution >= 0.6 is 0 Å². The standard InChI is InChI=1S/C16H15NO2.C15H13NO2/c1-11-3-4-13-14(9-11)19-10-16(2,15(13)18)12-5-7-17-8-6-12;1-10-2-3-12-14(8-10)18-9-13(15(12)17)11-4-6-16-7-5-11/h3-9H,10H2,1-2H3;2-8,13H,9H2,1H3. The largest absolute Gasteiger partial charge is 0.492 e. The minimum atomic E-state index is -0.634. The maximum Gasteiger partial charge on any atom is 0.180 e. The van der Waals surface area contributed by atoms with E-state index in [-0.39, 0.29) is 17.5 Å². The molecule has 0 N–H and O–H groups in total. The Kier molecular flexibility index (Phi) is 6.57. The van der Waals surface area contributed by atoms with Gasteiger partial charge in [0, 0.05) is 24.8 Å². The number of aromatic nitrogens is 2. The van der Waals surface area contributed by atoms with Crippen LogP contribution < -0.4 is 9.47 Å². The fourth-order valence-corrected chi connectivity index (χ4v) is 4.69. The molecule has 4 heterocycles. The number of ether oxygens (including phenoxy) is 2. The minimum Gasteiger partial charge on any atom is -0.492 e. The predicted octanol–water partition coefficient (Wildman–Crippen LogP) is 5.67. The van der Waals surface area contributed by atoms with Gasteiger partial charge < -0.3 is 9.47 Å². The molecule has 37 heavy (non-hydrogen) atoms. The first-order valence-electron chi connectivity index (χ1n) is 12.2. The fraction of sp³-hybridized carbons (Fsp3) is 0.226. The summed E-state index contributed by atoms with van der Waals surface area (Å²) in [4.78, 5) is 33.1. The molecule has 6 rings (SSSR count). The van der Waals surface area contributed by atoms with E-state index in [1.807, 2.05) is 81.4 Å². The SMILES string of the molecule is Cc1ccc2c(c1)OCC(C)(c1ccncc1)C2=O.Cc1ccc2c(c1)OCC(c1ccncc1)C2=O. The molecule has 0 spiro atoms. The van der Waals surface area contributed by atoms with Crippen molar-refractivity contribution in [2.45, 2.75) is 32.1 Å². The Labute approximate surface area is 216 Å². The van der Waals surface area contributed by atoms with Crippen molar-refractivity contribution in [3.8, 4) is 11.5 Å². The average Bonchev–Trinajstić information content (AvgIpc) is 2.92. The van der Waals surface area contributed by atoms with E-state index >= 15 is 0 Å². The summed E-state index contributed by atoms with van der Waals surface area (Å²) in [7, 11) is 0. The number of hydrogen-bond donors (Lipinski definition) is 0. The molecule has 0 fully saturated rings. The summed E-state index contributed by atoms with van der Waals surface area (Å²) in [6.07, 6.45) is 6.82. The van der Waals surface area contributed by atoms with E-state index in [9.17, 15) is 9.59 Å². The van der Waals surface area contributed by atoms with Crippen molar-refractivity contribution in [3.05, 3.63) is 119 Å². The first-order valence-corrected chi connectivity index (χ1v) is 12.2. The average molecular weight is 493 g/mol. The number of pyridine rings is 2. The lowest BCUT2D eigenvalue weighted by atomic mass is 9.75. The quantitative estimate of drug-likeness (QED) is 0.359. The highest BCUT2D eigenvalue weighted by Crippen LogP contribution is 2.37. The Morgan fingerprint density at radius 2 is 1.32 bits per heavy atom. The summed E-state index contributed by atoms with van der Waals surface area (Å²) < 4.78 is 11.5. The fourth-order valence-electron chi connectivity index (χ4n) is 4.69. The second kappa shape index (κ2) is 9.97. The van der Waals surface area contributed by atoms with Crippen molar-refractivity contribution < 1.29 is 19.1 Å². The molecular formula is C31H28N2O4. The van der Waals surface area contributed by atoms with Crippen molar-refractivity contribution in [2.75, 3.05) is 13.2 Å². The number of nitrogens with zero attached hydrogens (tertiary/aromatic N) is 2. The number of carbonyl (C=O) groups excluding carboxylic acids is 2. The van der Waals surface area contributed by atoms with E-state index in [0.29, 0.717) is 35.8 Å². The van der Waals surface area contributed by atoms with Gasteiger partial charge in [0.15, 0.2) is 11.6 Å². The lowest BCUT2D eigenvalue weighted by molar-refractivity contribution is 0.0791. The minimum absolute atomic E-state index is 0.111. The van der Waals surface area contributed by atoms with Crippen molar-refractivity contribution in [1.29, 1.82) is 0 Å². The van der Waals surface area contributed by atoms with Crippen LogP contribution in [-0.2, 0) is 5.41 Å². The highest BCUT2D eigenvalue weighted by molar-refractivity contribution is 6.07. The zero-order valence-electron chi connectivity index (χ0n) is 21.1. The molecule has 4 aromatic rings. The molecule has 0 bridgehead atoms. The second-order valence-corrected chi connectivity index (χ2v) is 9.69. The predicted molar refractivity (Wildman–Crippen MR) is 141 cm³/mol. The van der Waals surface area contributed by atoms with Crippen LogP contribution in [0.5, 0.6) is 11.5 Å². The number of carbonyl (C=O) groups is 2. The van der Waals surface area contributed by atoms with Gasteiger partial charge in [-0.25, -0.2) is 0 Å². The van der Waals surface area contributed by atoms with Crippen molar-refractivity contribution in [2.24, 2.45) is 0 Å². The Bertz CT molecular complexity index is 1450. The molecule has 2 atom stereocenters. The summed E-state index contributed by atoms with van der Waals surface area (Å²) >= 11 is 0. The van der Waals surface area contributed by atoms with Crippen molar-refractivity contribution in [1.82, 2.24) is 9.97 Å². The van der Waals surface area contributed by atoms with Crippen LogP contribution in [0.15, 0.2) is 85.5 Å². The molecule has 0 aliphatic carbocycles. The normalized spacial score (nSPS) is 19.9. The van der Waals surface area contributed by atoms with Crippen LogP contribution in [0.2, 0.25) is 0 Å². The van der Waals surface area contributed by atoms with Gasteiger partial charge >= 0.3 is 0 Å². The van der Waals surface area contributed by atoms with Crippen molar-refractivity contribution in [3.63, 3.8) is 0 Å². The molecule has 2 unspecified atom stereocenters. The Morgan fingerprint density at radius 3 is 1.97 bits per heavy atom. The maximum absolute atomic E-state index is 12.7. The molecule has 2 aliphatic heterocycles. The van der Waals surface area contributed by atoms with Gasteiger partial charge in [0.2, 0.25) is 0 Å². The van der Waals surface area contributed by atoms with E-state index in [2.05, 4.69) is 9.97 Å². The molecule has 2 aromatic heterocycles. The second-order valence-electron chi connectivity index (χ2n) is 9.69. The van der Waals surface area contributed by atoms with Crippen LogP contribution in [0.4, 0.5) is 0 Å². The Hall–Kier alpha value is -4.32. The lowest BCUT2D eigenvalue weighted by Crippen LogP contribution is -2.42. The smallest absolute Gasteiger partial charge is 0.180 e. The highest BCUT2D eigenvalue weighted by atomic mass is 16.5. The zero-order valence-corrected chi connectivity index (χ0v) is 21.1. The van der Waals surface area contributed by atoms with E-state index in [1.54, 1.807) is 24.8 Å². The molecule has 2 aromatic carbocycles. The van der Waals surface area contributed by atoms with Crippen LogP contribution in [0.3, 0.4) is 0 Å². The molecule has 6 heteroatoms. The molecule has 0 saturated heterocycles. The van der Waals surface area contributed by atoms with Gasteiger partial charge in [-0.1, -0.05) is 12.1 Å². The summed E-state index contributed by atoms with van der Waals surface area (Å²) in [5, 5.41) is 0. The van der Waals surface area contributed by atoms with E-state index < -0.39 is 5.41 Å². The van der Waals surface area contributed by atoms with Gasteiger partial charge in [0.05, 0.1) is 22.5 Å². The number of Topliss-reactive ketones (excluding diaryl/α,β-unsaturated/α-hetero) is 2. The first-order chi connectivity index (χ1) is 17.9. The molecular weight excluding hydrogens is 464 g/mol. The third-order valence-electron chi connectivity index (χ3n) is 6.95. The topological polar surface area (TPSA) is 78.4 Å². The summed E-state index contributed by atoms with van der Waals surface area (Å²) in [5.74, 6) is 1.41. The number of benzene rings is 2. The summed E-state index contributed by atoms with van der Waals surface area (Å²) in [6.45, 7) is 6.67. The Morgan fingerprint density at radius 1 is 0.757 bits per heavy atom. The summed E-state index contributed by atoms with van der Waals surface area (Å²) in [5.41, 5.74) is 4.80. The van der Waals surface area contributed by atoms with Gasteiger partial charge in [-0.2, -0.15) is 0 Å². The molecule has 2 aliphatic rings. The number of ketones is 2. The van der Waals surface area contributed by atoms with Crippen LogP contribution in [0.25, 0.3) is 0 Å². The molecule has 6 nitrogen and oxygen atoms in total. The van der Waals surface area contributed by atoms with Crippen molar-refractivity contribution >= 4 is 11.6 Å². The third-order valence-corrected chi connectivity index (χ3v) is 6.95. The van der Waals surface area contributed by atoms with Gasteiger partial charge in [-0.3, -0.25) is 19.6 Å². The first kappa shape index (κ1) is 24.4. The van der Waals surface area contributed by atoms with Gasteiger partial charge in [-0.15, -0.1) is 0 Å². The molecule has 0 saturated carbocycles. The van der Waals surface area contributed by atoms with Gasteiger partial charge in [0.1, 0.15) is 24.7 Å². The number of fused-ring (bicyclic) bond motifs is 2. The van der Waals surface area contributed by atoms with Crippen LogP contribution in [0.1, 0.15) is 55.8 Å². The molecule has 186 valence electrons.